The molecule has 0 bridgehead atoms. The first-order chi connectivity index (χ1) is 8.10. The van der Waals surface area contributed by atoms with Gasteiger partial charge in [-0.25, -0.2) is 13.8 Å². The molecule has 0 aliphatic carbocycles. The van der Waals surface area contributed by atoms with E-state index < -0.39 is 11.6 Å². The van der Waals surface area contributed by atoms with E-state index in [-0.39, 0.29) is 22.2 Å². The van der Waals surface area contributed by atoms with Crippen molar-refractivity contribution < 1.29 is 13.5 Å². The molecular weight excluding hydrogens is 248 g/mol. The van der Waals surface area contributed by atoms with Crippen LogP contribution >= 0.6 is 12.2 Å². The SMILES string of the molecule is COc1nc(=S)nc(-c2ccc(F)cc2F)[nH]1. The van der Waals surface area contributed by atoms with Crippen molar-refractivity contribution in [2.24, 2.45) is 0 Å². The van der Waals surface area contributed by atoms with Crippen molar-refractivity contribution in [3.05, 3.63) is 34.6 Å². The van der Waals surface area contributed by atoms with E-state index in [1.807, 2.05) is 0 Å². The van der Waals surface area contributed by atoms with Crippen molar-refractivity contribution in [1.82, 2.24) is 15.0 Å². The Labute approximate surface area is 100 Å². The summed E-state index contributed by atoms with van der Waals surface area (Å²) in [6.45, 7) is 0. The van der Waals surface area contributed by atoms with Crippen LogP contribution in [0.3, 0.4) is 0 Å². The van der Waals surface area contributed by atoms with Crippen molar-refractivity contribution >= 4 is 12.2 Å². The van der Waals surface area contributed by atoms with Crippen LogP contribution in [0.25, 0.3) is 11.4 Å². The first-order valence-electron chi connectivity index (χ1n) is 4.58. The van der Waals surface area contributed by atoms with Crippen LogP contribution in [0.15, 0.2) is 18.2 Å². The fraction of sp³-hybridized carbons (Fsp3) is 0.100. The minimum atomic E-state index is -0.739. The van der Waals surface area contributed by atoms with Gasteiger partial charge in [0.1, 0.15) is 17.5 Å². The zero-order valence-corrected chi connectivity index (χ0v) is 9.52. The summed E-state index contributed by atoms with van der Waals surface area (Å²) in [5.74, 6) is -1.26. The zero-order valence-electron chi connectivity index (χ0n) is 8.70. The molecule has 0 aliphatic heterocycles. The Balaban J connectivity index is 2.60. The number of ether oxygens (including phenoxy) is 1. The highest BCUT2D eigenvalue weighted by atomic mass is 32.1. The number of H-pyrrole nitrogens is 1. The molecule has 2 aromatic rings. The molecule has 0 saturated carbocycles. The van der Waals surface area contributed by atoms with Gasteiger partial charge in [0.15, 0.2) is 0 Å². The van der Waals surface area contributed by atoms with Gasteiger partial charge in [0.05, 0.1) is 12.7 Å². The molecule has 0 fully saturated rings. The molecule has 0 aliphatic rings. The van der Waals surface area contributed by atoms with E-state index in [1.165, 1.54) is 13.2 Å². The van der Waals surface area contributed by atoms with E-state index in [0.717, 1.165) is 12.1 Å². The average molecular weight is 255 g/mol. The third kappa shape index (κ3) is 2.44. The molecule has 0 amide bonds. The van der Waals surface area contributed by atoms with Gasteiger partial charge in [0.2, 0.25) is 4.77 Å². The van der Waals surface area contributed by atoms with Crippen LogP contribution in [0.2, 0.25) is 0 Å². The number of nitrogens with zero attached hydrogens (tertiary/aromatic N) is 2. The zero-order chi connectivity index (χ0) is 12.4. The maximum atomic E-state index is 13.5. The van der Waals surface area contributed by atoms with Crippen LogP contribution in [0.1, 0.15) is 0 Å². The summed E-state index contributed by atoms with van der Waals surface area (Å²) >= 11 is 4.80. The smallest absolute Gasteiger partial charge is 0.297 e. The van der Waals surface area contributed by atoms with Gasteiger partial charge in [0, 0.05) is 6.07 Å². The number of methoxy groups -OCH3 is 1. The minimum Gasteiger partial charge on any atom is -0.468 e. The van der Waals surface area contributed by atoms with E-state index in [4.69, 9.17) is 17.0 Å². The molecular formula is C10H7F2N3OS. The van der Waals surface area contributed by atoms with Crippen LogP contribution in [-0.4, -0.2) is 22.1 Å². The standard InChI is InChI=1S/C10H7F2N3OS/c1-16-9-13-8(14-10(17)15-9)6-3-2-5(11)4-7(6)12/h2-4H,1H3,(H,13,14,15,17). The number of aromatic nitrogens is 3. The normalized spacial score (nSPS) is 10.3. The van der Waals surface area contributed by atoms with Gasteiger partial charge in [0.25, 0.3) is 6.01 Å². The van der Waals surface area contributed by atoms with Crippen LogP contribution in [0.4, 0.5) is 8.78 Å². The molecule has 1 heterocycles. The Kier molecular flexibility index (Phi) is 3.10. The van der Waals surface area contributed by atoms with Crippen molar-refractivity contribution in [3.63, 3.8) is 0 Å². The highest BCUT2D eigenvalue weighted by Crippen LogP contribution is 2.20. The van der Waals surface area contributed by atoms with E-state index in [2.05, 4.69) is 15.0 Å². The number of halogens is 2. The number of benzene rings is 1. The third-order valence-electron chi connectivity index (χ3n) is 2.01. The Morgan fingerprint density at radius 1 is 1.29 bits per heavy atom. The van der Waals surface area contributed by atoms with Gasteiger partial charge in [-0.15, -0.1) is 0 Å². The first-order valence-corrected chi connectivity index (χ1v) is 4.99. The summed E-state index contributed by atoms with van der Waals surface area (Å²) in [4.78, 5) is 10.2. The summed E-state index contributed by atoms with van der Waals surface area (Å²) in [6, 6.07) is 3.27. The lowest BCUT2D eigenvalue weighted by Crippen LogP contribution is -1.99. The number of hydrogen-bond acceptors (Lipinski definition) is 4. The topological polar surface area (TPSA) is 50.8 Å². The Morgan fingerprint density at radius 2 is 2.06 bits per heavy atom. The number of rotatable bonds is 2. The second-order valence-corrected chi connectivity index (χ2v) is 3.48. The lowest BCUT2D eigenvalue weighted by atomic mass is 10.2. The monoisotopic (exact) mass is 255 g/mol. The predicted molar refractivity (Wildman–Crippen MR) is 59.1 cm³/mol. The molecule has 1 aromatic carbocycles. The van der Waals surface area contributed by atoms with Crippen LogP contribution in [0.5, 0.6) is 6.01 Å². The van der Waals surface area contributed by atoms with Crippen LogP contribution < -0.4 is 4.74 Å². The summed E-state index contributed by atoms with van der Waals surface area (Å²) in [6.07, 6.45) is 0. The van der Waals surface area contributed by atoms with Crippen LogP contribution in [0, 0.1) is 16.4 Å². The fourth-order valence-corrected chi connectivity index (χ4v) is 1.44. The van der Waals surface area contributed by atoms with Crippen molar-refractivity contribution in [3.8, 4) is 17.4 Å². The summed E-state index contributed by atoms with van der Waals surface area (Å²) in [5.41, 5.74) is 0.0956. The van der Waals surface area contributed by atoms with Gasteiger partial charge in [-0.2, -0.15) is 4.98 Å². The largest absolute Gasteiger partial charge is 0.468 e. The number of nitrogens with one attached hydrogen (secondary N) is 1. The molecule has 2 rings (SSSR count). The van der Waals surface area contributed by atoms with Crippen molar-refractivity contribution in [2.45, 2.75) is 0 Å². The lowest BCUT2D eigenvalue weighted by Gasteiger charge is -2.04. The first kappa shape index (κ1) is 11.6. The molecule has 0 radical (unpaired) electrons. The molecule has 0 unspecified atom stereocenters. The molecule has 0 atom stereocenters. The number of aromatic amines is 1. The van der Waals surface area contributed by atoms with Gasteiger partial charge in [-0.1, -0.05) is 0 Å². The molecule has 1 N–H and O–H groups in total. The highest BCUT2D eigenvalue weighted by Gasteiger charge is 2.10. The second kappa shape index (κ2) is 4.54. The molecule has 17 heavy (non-hydrogen) atoms. The molecule has 4 nitrogen and oxygen atoms in total. The van der Waals surface area contributed by atoms with E-state index in [1.54, 1.807) is 0 Å². The van der Waals surface area contributed by atoms with Crippen molar-refractivity contribution in [1.29, 1.82) is 0 Å². The third-order valence-corrected chi connectivity index (χ3v) is 2.19. The molecule has 1 aromatic heterocycles. The predicted octanol–water partition coefficient (Wildman–Crippen LogP) is 2.49. The van der Waals surface area contributed by atoms with E-state index >= 15 is 0 Å². The maximum absolute atomic E-state index is 13.5. The lowest BCUT2D eigenvalue weighted by molar-refractivity contribution is 0.378. The molecule has 0 spiro atoms. The van der Waals surface area contributed by atoms with E-state index in [9.17, 15) is 8.78 Å². The van der Waals surface area contributed by atoms with E-state index in [0.29, 0.717) is 0 Å². The Morgan fingerprint density at radius 3 is 2.71 bits per heavy atom. The number of hydrogen-bond donors (Lipinski definition) is 1. The van der Waals surface area contributed by atoms with Gasteiger partial charge in [-0.3, -0.25) is 4.98 Å². The molecule has 7 heteroatoms. The minimum absolute atomic E-state index is 0.0133. The average Bonchev–Trinajstić information content (AvgIpc) is 2.28. The Hall–Kier alpha value is -1.89. The molecule has 88 valence electrons. The Bertz CT molecular complexity index is 615. The van der Waals surface area contributed by atoms with Gasteiger partial charge < -0.3 is 4.74 Å². The van der Waals surface area contributed by atoms with Gasteiger partial charge in [-0.05, 0) is 24.4 Å². The summed E-state index contributed by atoms with van der Waals surface area (Å²) < 4.78 is 31.1. The quantitative estimate of drug-likeness (QED) is 0.838. The summed E-state index contributed by atoms with van der Waals surface area (Å²) in [5, 5.41) is 0. The second-order valence-electron chi connectivity index (χ2n) is 3.11. The fourth-order valence-electron chi connectivity index (χ4n) is 1.27. The maximum Gasteiger partial charge on any atom is 0.297 e. The van der Waals surface area contributed by atoms with Gasteiger partial charge >= 0.3 is 0 Å². The van der Waals surface area contributed by atoms with Crippen molar-refractivity contribution in [2.75, 3.05) is 7.11 Å². The molecule has 0 saturated heterocycles. The van der Waals surface area contributed by atoms with Crippen LogP contribution in [-0.2, 0) is 0 Å². The highest BCUT2D eigenvalue weighted by molar-refractivity contribution is 7.71. The summed E-state index contributed by atoms with van der Waals surface area (Å²) in [7, 11) is 1.39.